The number of imidazole rings is 1. The molecule has 1 atom stereocenters. The number of likely N-dealkylation sites (N-methyl/N-ethyl adjacent to an activating group) is 1. The smallest absolute Gasteiger partial charge is 0.122 e. The summed E-state index contributed by atoms with van der Waals surface area (Å²) >= 11 is 0. The van der Waals surface area contributed by atoms with Gasteiger partial charge in [-0.1, -0.05) is 0 Å². The van der Waals surface area contributed by atoms with E-state index in [1.807, 2.05) is 24.9 Å². The number of amidine groups is 1. The van der Waals surface area contributed by atoms with E-state index in [0.29, 0.717) is 6.61 Å². The number of rotatable bonds is 7. The van der Waals surface area contributed by atoms with Crippen molar-refractivity contribution in [3.63, 3.8) is 0 Å². The molecule has 6 nitrogen and oxygen atoms in total. The number of hydrogen-bond acceptors (Lipinski definition) is 4. The number of aromatic nitrogens is 2. The lowest BCUT2D eigenvalue weighted by Crippen LogP contribution is -2.31. The summed E-state index contributed by atoms with van der Waals surface area (Å²) in [6.45, 7) is 3.90. The Labute approximate surface area is 102 Å². The summed E-state index contributed by atoms with van der Waals surface area (Å²) in [6.07, 6.45) is 3.41. The Morgan fingerprint density at radius 1 is 1.71 bits per heavy atom. The Morgan fingerprint density at radius 3 is 2.94 bits per heavy atom. The van der Waals surface area contributed by atoms with Crippen molar-refractivity contribution in [2.75, 3.05) is 20.2 Å². The minimum Gasteiger partial charge on any atom is -0.385 e. The molecule has 0 saturated carbocycles. The fourth-order valence-electron chi connectivity index (χ4n) is 1.34. The standard InChI is InChI=1S/C11H21N5O/c1-9(11(12)13)17-7-6-15(2)8-10-14-4-5-16(10)3/h4-5,9H,6-8H2,1-3H3,(H3,12,13). The number of nitrogens with two attached hydrogens (primary N) is 1. The molecule has 17 heavy (non-hydrogen) atoms. The topological polar surface area (TPSA) is 80.2 Å². The van der Waals surface area contributed by atoms with Crippen molar-refractivity contribution in [3.8, 4) is 0 Å². The fraction of sp³-hybridized carbons (Fsp3) is 0.636. The summed E-state index contributed by atoms with van der Waals surface area (Å²) < 4.78 is 7.40. The molecular weight excluding hydrogens is 218 g/mol. The molecule has 1 rings (SSSR count). The third-order valence-corrected chi connectivity index (χ3v) is 2.61. The molecule has 1 heterocycles. The van der Waals surface area contributed by atoms with Crippen LogP contribution in [0.4, 0.5) is 0 Å². The predicted octanol–water partition coefficient (Wildman–Crippen LogP) is 0.193. The maximum Gasteiger partial charge on any atom is 0.122 e. The molecule has 0 amide bonds. The molecule has 96 valence electrons. The van der Waals surface area contributed by atoms with E-state index in [2.05, 4.69) is 9.88 Å². The van der Waals surface area contributed by atoms with Crippen molar-refractivity contribution < 1.29 is 4.74 Å². The Kier molecular flexibility index (Phi) is 5.11. The fourth-order valence-corrected chi connectivity index (χ4v) is 1.34. The van der Waals surface area contributed by atoms with Gasteiger partial charge in [-0.2, -0.15) is 0 Å². The summed E-state index contributed by atoms with van der Waals surface area (Å²) in [4.78, 5) is 6.37. The lowest BCUT2D eigenvalue weighted by Gasteiger charge is -2.18. The van der Waals surface area contributed by atoms with Crippen LogP contribution in [-0.2, 0) is 18.3 Å². The van der Waals surface area contributed by atoms with E-state index < -0.39 is 0 Å². The Bertz CT molecular complexity index is 362. The minimum absolute atomic E-state index is 0.0664. The van der Waals surface area contributed by atoms with E-state index in [9.17, 15) is 0 Å². The zero-order valence-corrected chi connectivity index (χ0v) is 10.7. The van der Waals surface area contributed by atoms with Crippen molar-refractivity contribution >= 4 is 5.84 Å². The molecule has 1 aromatic rings. The van der Waals surface area contributed by atoms with Gasteiger partial charge in [0.25, 0.3) is 0 Å². The first kappa shape index (κ1) is 13.7. The highest BCUT2D eigenvalue weighted by Gasteiger charge is 2.07. The highest BCUT2D eigenvalue weighted by atomic mass is 16.5. The molecule has 0 aromatic carbocycles. The summed E-state index contributed by atoms with van der Waals surface area (Å²) in [5.41, 5.74) is 5.31. The van der Waals surface area contributed by atoms with Crippen LogP contribution in [-0.4, -0.2) is 46.6 Å². The molecule has 0 spiro atoms. The van der Waals surface area contributed by atoms with Crippen molar-refractivity contribution in [1.29, 1.82) is 5.41 Å². The van der Waals surface area contributed by atoms with Crippen LogP contribution in [0.2, 0.25) is 0 Å². The number of nitrogens with zero attached hydrogens (tertiary/aromatic N) is 3. The van der Waals surface area contributed by atoms with E-state index in [1.165, 1.54) is 0 Å². The predicted molar refractivity (Wildman–Crippen MR) is 66.9 cm³/mol. The lowest BCUT2D eigenvalue weighted by molar-refractivity contribution is 0.0872. The zero-order chi connectivity index (χ0) is 12.8. The van der Waals surface area contributed by atoms with E-state index in [0.717, 1.165) is 18.9 Å². The number of hydrogen-bond donors (Lipinski definition) is 2. The molecule has 0 aliphatic rings. The summed E-state index contributed by atoms with van der Waals surface area (Å²) in [5, 5.41) is 7.20. The van der Waals surface area contributed by atoms with Gasteiger partial charge < -0.3 is 15.0 Å². The number of aryl methyl sites for hydroxylation is 1. The molecule has 0 radical (unpaired) electrons. The van der Waals surface area contributed by atoms with Gasteiger partial charge in [-0.05, 0) is 14.0 Å². The largest absolute Gasteiger partial charge is 0.385 e. The van der Waals surface area contributed by atoms with Crippen molar-refractivity contribution in [3.05, 3.63) is 18.2 Å². The molecule has 0 aliphatic heterocycles. The first-order valence-corrected chi connectivity index (χ1v) is 5.61. The first-order valence-electron chi connectivity index (χ1n) is 5.61. The highest BCUT2D eigenvalue weighted by molar-refractivity contribution is 5.81. The molecule has 0 bridgehead atoms. The molecule has 0 aliphatic carbocycles. The van der Waals surface area contributed by atoms with Crippen LogP contribution in [0.5, 0.6) is 0 Å². The van der Waals surface area contributed by atoms with Gasteiger partial charge in [0.1, 0.15) is 17.8 Å². The van der Waals surface area contributed by atoms with E-state index in [4.69, 9.17) is 15.9 Å². The maximum absolute atomic E-state index is 7.20. The molecule has 3 N–H and O–H groups in total. The summed E-state index contributed by atoms with van der Waals surface area (Å²) in [7, 11) is 3.99. The van der Waals surface area contributed by atoms with Crippen LogP contribution in [0.15, 0.2) is 12.4 Å². The highest BCUT2D eigenvalue weighted by Crippen LogP contribution is 1.99. The number of nitrogens with one attached hydrogen (secondary N) is 1. The third kappa shape index (κ3) is 4.54. The van der Waals surface area contributed by atoms with Crippen molar-refractivity contribution in [2.45, 2.75) is 19.6 Å². The van der Waals surface area contributed by atoms with Crippen LogP contribution < -0.4 is 5.73 Å². The van der Waals surface area contributed by atoms with Crippen LogP contribution in [0, 0.1) is 5.41 Å². The maximum atomic E-state index is 7.20. The second-order valence-corrected chi connectivity index (χ2v) is 4.16. The van der Waals surface area contributed by atoms with Crippen molar-refractivity contribution in [1.82, 2.24) is 14.5 Å². The molecule has 1 aromatic heterocycles. The molecule has 6 heteroatoms. The monoisotopic (exact) mass is 239 g/mol. The van der Waals surface area contributed by atoms with E-state index in [-0.39, 0.29) is 11.9 Å². The van der Waals surface area contributed by atoms with Crippen LogP contribution in [0.3, 0.4) is 0 Å². The second-order valence-electron chi connectivity index (χ2n) is 4.16. The Balaban J connectivity index is 2.24. The average Bonchev–Trinajstić information content (AvgIpc) is 2.64. The van der Waals surface area contributed by atoms with E-state index >= 15 is 0 Å². The van der Waals surface area contributed by atoms with Gasteiger partial charge in [-0.15, -0.1) is 0 Å². The molecule has 0 saturated heterocycles. The molecule has 1 unspecified atom stereocenters. The van der Waals surface area contributed by atoms with Gasteiger partial charge >= 0.3 is 0 Å². The Morgan fingerprint density at radius 2 is 2.41 bits per heavy atom. The van der Waals surface area contributed by atoms with Crippen LogP contribution in [0.1, 0.15) is 12.7 Å². The first-order chi connectivity index (χ1) is 8.00. The molecule has 0 fully saturated rings. The van der Waals surface area contributed by atoms with Gasteiger partial charge in [0.2, 0.25) is 0 Å². The molecular formula is C11H21N5O. The van der Waals surface area contributed by atoms with E-state index in [1.54, 1.807) is 13.1 Å². The van der Waals surface area contributed by atoms with Crippen LogP contribution in [0.25, 0.3) is 0 Å². The van der Waals surface area contributed by atoms with Crippen LogP contribution >= 0.6 is 0 Å². The van der Waals surface area contributed by atoms with Gasteiger partial charge in [-0.3, -0.25) is 10.3 Å². The Hall–Kier alpha value is -1.40. The normalized spacial score (nSPS) is 12.9. The summed E-state index contributed by atoms with van der Waals surface area (Å²) in [6, 6.07) is 0. The SMILES string of the molecule is CC(OCCN(C)Cc1nccn1C)C(=N)N. The number of ether oxygens (including phenoxy) is 1. The van der Waals surface area contributed by atoms with Gasteiger partial charge in [0, 0.05) is 26.0 Å². The van der Waals surface area contributed by atoms with Gasteiger partial charge in [0.05, 0.1) is 13.2 Å². The lowest BCUT2D eigenvalue weighted by atomic mass is 10.4. The zero-order valence-electron chi connectivity index (χ0n) is 10.7. The quantitative estimate of drug-likeness (QED) is 0.526. The third-order valence-electron chi connectivity index (χ3n) is 2.61. The summed E-state index contributed by atoms with van der Waals surface area (Å²) in [5.74, 6) is 1.09. The average molecular weight is 239 g/mol. The van der Waals surface area contributed by atoms with Gasteiger partial charge in [-0.25, -0.2) is 4.98 Å². The second kappa shape index (κ2) is 6.36. The van der Waals surface area contributed by atoms with Crippen molar-refractivity contribution in [2.24, 2.45) is 12.8 Å². The minimum atomic E-state index is -0.309. The van der Waals surface area contributed by atoms with Gasteiger partial charge in [0.15, 0.2) is 0 Å².